The number of aliphatic carboxylic acids is 1. The van der Waals surface area contributed by atoms with Crippen LogP contribution in [0.5, 0.6) is 0 Å². The van der Waals surface area contributed by atoms with E-state index in [2.05, 4.69) is 52.3 Å². The van der Waals surface area contributed by atoms with Crippen LogP contribution in [0.3, 0.4) is 0 Å². The first-order chi connectivity index (χ1) is 19.9. The molecule has 1 atom stereocenters. The van der Waals surface area contributed by atoms with Crippen LogP contribution in [0.25, 0.3) is 0 Å². The zero-order valence-corrected chi connectivity index (χ0v) is 24.3. The molecule has 0 bridgehead atoms. The highest BCUT2D eigenvalue weighted by molar-refractivity contribution is 7.14. The highest BCUT2D eigenvalue weighted by Gasteiger charge is 2.24. The van der Waals surface area contributed by atoms with Gasteiger partial charge in [-0.15, -0.1) is 11.3 Å². The summed E-state index contributed by atoms with van der Waals surface area (Å²) in [6, 6.07) is 14.6. The maximum atomic E-state index is 12.8. The number of carboxylic acids is 1. The van der Waals surface area contributed by atoms with Crippen molar-refractivity contribution >= 4 is 51.9 Å². The summed E-state index contributed by atoms with van der Waals surface area (Å²) in [5, 5.41) is 23.4. The van der Waals surface area contributed by atoms with Gasteiger partial charge in [-0.25, -0.2) is 9.78 Å². The Labute approximate surface area is 247 Å². The van der Waals surface area contributed by atoms with E-state index in [4.69, 9.17) is 0 Å². The van der Waals surface area contributed by atoms with Gasteiger partial charge in [0.25, 0.3) is 5.91 Å². The molecule has 3 rings (SSSR count). The normalized spacial score (nSPS) is 11.6. The molecule has 6 N–H and O–H groups in total. The second-order valence-electron chi connectivity index (χ2n) is 10.7. The summed E-state index contributed by atoms with van der Waals surface area (Å²) in [7, 11) is 0. The third-order valence-electron chi connectivity index (χ3n) is 5.65. The van der Waals surface area contributed by atoms with Crippen molar-refractivity contribution in [2.24, 2.45) is 5.41 Å². The summed E-state index contributed by atoms with van der Waals surface area (Å²) in [6.45, 7) is 6.13. The number of carbonyl (C=O) groups is 5. The van der Waals surface area contributed by atoms with Crippen LogP contribution in [-0.2, 0) is 27.3 Å². The van der Waals surface area contributed by atoms with Crippen LogP contribution in [0.4, 0.5) is 15.6 Å². The molecule has 0 saturated carbocycles. The Hall–Kier alpha value is -4.78. The molecule has 0 radical (unpaired) electrons. The monoisotopic (exact) mass is 594 g/mol. The highest BCUT2D eigenvalue weighted by atomic mass is 32.1. The molecule has 42 heavy (non-hydrogen) atoms. The first-order valence-corrected chi connectivity index (χ1v) is 14.0. The Morgan fingerprint density at radius 2 is 1.60 bits per heavy atom. The van der Waals surface area contributed by atoms with Gasteiger partial charge >= 0.3 is 12.0 Å². The van der Waals surface area contributed by atoms with Crippen LogP contribution in [0, 0.1) is 5.41 Å². The predicted molar refractivity (Wildman–Crippen MR) is 159 cm³/mol. The lowest BCUT2D eigenvalue weighted by atomic mass is 9.88. The first kappa shape index (κ1) is 31.7. The summed E-state index contributed by atoms with van der Waals surface area (Å²) in [4.78, 5) is 65.2. The highest BCUT2D eigenvalue weighted by Crippen LogP contribution is 2.22. The standard InChI is InChI=1S/C29H34N6O6S/c1-29(2,3)14-18-9-11-20(12-10-18)32-26(40)21(13-24(37)38)33-23(36)16-30-25(39)22-17-42-28(34-22)35-27(41)31-15-19-7-5-4-6-8-19/h4-12,17,21H,13-16H2,1-3H3,(H,30,39)(H,32,40)(H,33,36)(H,37,38)(H2,31,34,35,41)/t21-/m0/s1. The van der Waals surface area contributed by atoms with Crippen LogP contribution in [0.2, 0.25) is 0 Å². The quantitative estimate of drug-likeness (QED) is 0.186. The number of aromatic nitrogens is 1. The van der Waals surface area contributed by atoms with E-state index in [9.17, 15) is 29.1 Å². The van der Waals surface area contributed by atoms with Crippen LogP contribution in [0.1, 0.15) is 48.8 Å². The average molecular weight is 595 g/mol. The molecule has 13 heteroatoms. The molecular weight excluding hydrogens is 560 g/mol. The number of rotatable bonds is 12. The number of thiazole rings is 1. The topological polar surface area (TPSA) is 179 Å². The largest absolute Gasteiger partial charge is 0.481 e. The van der Waals surface area contributed by atoms with E-state index in [1.54, 1.807) is 12.1 Å². The fourth-order valence-corrected chi connectivity index (χ4v) is 4.47. The van der Waals surface area contributed by atoms with Crippen LogP contribution in [0.15, 0.2) is 60.0 Å². The molecular formula is C29H34N6O6S. The Morgan fingerprint density at radius 3 is 2.24 bits per heavy atom. The van der Waals surface area contributed by atoms with E-state index in [-0.39, 0.29) is 16.2 Å². The SMILES string of the molecule is CC(C)(C)Cc1ccc(NC(=O)[C@H](CC(=O)O)NC(=O)CNC(=O)c2csc(NC(=O)NCc3ccccc3)n2)cc1. The molecule has 0 fully saturated rings. The van der Waals surface area contributed by atoms with Crippen molar-refractivity contribution in [3.63, 3.8) is 0 Å². The molecule has 0 saturated heterocycles. The zero-order valence-electron chi connectivity index (χ0n) is 23.5. The molecule has 1 heterocycles. The first-order valence-electron chi connectivity index (χ1n) is 13.1. The van der Waals surface area contributed by atoms with Crippen LogP contribution < -0.4 is 26.6 Å². The second-order valence-corrected chi connectivity index (χ2v) is 11.5. The van der Waals surface area contributed by atoms with Gasteiger partial charge in [-0.2, -0.15) is 0 Å². The molecule has 0 aliphatic heterocycles. The van der Waals surface area contributed by atoms with Gasteiger partial charge in [0.05, 0.1) is 13.0 Å². The third kappa shape index (κ3) is 11.0. The molecule has 5 amide bonds. The molecule has 222 valence electrons. The minimum absolute atomic E-state index is 0.0269. The summed E-state index contributed by atoms with van der Waals surface area (Å²) in [5.41, 5.74) is 2.52. The molecule has 0 spiro atoms. The van der Waals surface area contributed by atoms with Gasteiger partial charge in [-0.1, -0.05) is 63.2 Å². The number of carboxylic acid groups (broad SMARTS) is 1. The van der Waals surface area contributed by atoms with Crippen LogP contribution in [-0.4, -0.2) is 52.4 Å². The number of amides is 5. The van der Waals surface area contributed by atoms with Crippen molar-refractivity contribution in [1.82, 2.24) is 20.9 Å². The second kappa shape index (κ2) is 14.7. The maximum absolute atomic E-state index is 12.8. The number of benzene rings is 2. The Balaban J connectivity index is 1.48. The Morgan fingerprint density at radius 1 is 0.905 bits per heavy atom. The minimum Gasteiger partial charge on any atom is -0.481 e. The number of nitrogens with zero attached hydrogens (tertiary/aromatic N) is 1. The molecule has 1 aromatic heterocycles. The number of hydrogen-bond donors (Lipinski definition) is 6. The summed E-state index contributed by atoms with van der Waals surface area (Å²) in [5.74, 6) is -3.44. The van der Waals surface area contributed by atoms with E-state index in [1.807, 2.05) is 42.5 Å². The van der Waals surface area contributed by atoms with Crippen molar-refractivity contribution in [2.75, 3.05) is 17.2 Å². The number of anilines is 2. The Bertz CT molecular complexity index is 1400. The fraction of sp³-hybridized carbons (Fsp3) is 0.310. The van der Waals surface area contributed by atoms with E-state index < -0.39 is 48.7 Å². The van der Waals surface area contributed by atoms with E-state index in [0.717, 1.165) is 28.9 Å². The van der Waals surface area contributed by atoms with E-state index in [1.165, 1.54) is 5.38 Å². The van der Waals surface area contributed by atoms with Crippen LogP contribution >= 0.6 is 11.3 Å². The third-order valence-corrected chi connectivity index (χ3v) is 6.41. The van der Waals surface area contributed by atoms with E-state index >= 15 is 0 Å². The predicted octanol–water partition coefficient (Wildman–Crippen LogP) is 3.38. The van der Waals surface area contributed by atoms with Gasteiger partial charge in [0.15, 0.2) is 5.13 Å². The lowest BCUT2D eigenvalue weighted by Crippen LogP contribution is -2.48. The number of urea groups is 1. The molecule has 12 nitrogen and oxygen atoms in total. The van der Waals surface area contributed by atoms with Gasteiger partial charge in [-0.05, 0) is 35.1 Å². The van der Waals surface area contributed by atoms with Crippen molar-refractivity contribution in [1.29, 1.82) is 0 Å². The molecule has 0 unspecified atom stereocenters. The summed E-state index contributed by atoms with van der Waals surface area (Å²) >= 11 is 1.03. The lowest BCUT2D eigenvalue weighted by molar-refractivity contribution is -0.139. The van der Waals surface area contributed by atoms with Gasteiger partial charge in [0.1, 0.15) is 11.7 Å². The fourth-order valence-electron chi connectivity index (χ4n) is 3.78. The van der Waals surface area contributed by atoms with Gasteiger partial charge in [0.2, 0.25) is 11.8 Å². The van der Waals surface area contributed by atoms with Crippen molar-refractivity contribution in [3.8, 4) is 0 Å². The van der Waals surface area contributed by atoms with Crippen molar-refractivity contribution in [3.05, 3.63) is 76.8 Å². The molecule has 2 aromatic carbocycles. The number of hydrogen-bond acceptors (Lipinski definition) is 7. The van der Waals surface area contributed by atoms with Crippen molar-refractivity contribution < 1.29 is 29.1 Å². The zero-order chi connectivity index (χ0) is 30.7. The van der Waals surface area contributed by atoms with Gasteiger partial charge in [0, 0.05) is 17.6 Å². The number of carbonyl (C=O) groups excluding carboxylic acids is 4. The minimum atomic E-state index is -1.37. The Kier molecular flexibility index (Phi) is 11.1. The van der Waals surface area contributed by atoms with E-state index in [0.29, 0.717) is 12.2 Å². The molecule has 3 aromatic rings. The number of nitrogens with one attached hydrogen (secondary N) is 5. The average Bonchev–Trinajstić information content (AvgIpc) is 3.39. The summed E-state index contributed by atoms with van der Waals surface area (Å²) in [6.07, 6.45) is 0.189. The van der Waals surface area contributed by atoms with Gasteiger partial charge in [-0.3, -0.25) is 24.5 Å². The lowest BCUT2D eigenvalue weighted by Gasteiger charge is -2.19. The maximum Gasteiger partial charge on any atom is 0.321 e. The van der Waals surface area contributed by atoms with Gasteiger partial charge < -0.3 is 26.4 Å². The van der Waals surface area contributed by atoms with Crippen molar-refractivity contribution in [2.45, 2.75) is 46.2 Å². The summed E-state index contributed by atoms with van der Waals surface area (Å²) < 4.78 is 0. The molecule has 0 aliphatic rings. The molecule has 0 aliphatic carbocycles. The smallest absolute Gasteiger partial charge is 0.321 e.